The first-order chi connectivity index (χ1) is 21.1. The highest BCUT2D eigenvalue weighted by Crippen LogP contribution is 2.20. The van der Waals surface area contributed by atoms with Crippen LogP contribution in [0.3, 0.4) is 0 Å². The van der Waals surface area contributed by atoms with Gasteiger partial charge in [0.2, 0.25) is 33.6 Å². The lowest BCUT2D eigenvalue weighted by Gasteiger charge is -2.50. The fraction of sp³-hybridized carbons (Fsp3) is 0.111. The van der Waals surface area contributed by atoms with Crippen LogP contribution >= 0.6 is 0 Å². The standard InChI is InChI=1S/C36H44N4Si4/c1-41(29-25-33-17-9-5-10-18-33)37-42(2,30-26-34-19-11-6-12-20-34)39-44(4,32-28-36-23-15-8-16-24-36)40-43(3,38-41)31-27-35-21-13-7-14-22-35/h5-32,37-40H,1-4H3/b29-25+,30-26+,31-27+,32-28+. The Balaban J connectivity index is 1.58. The molecule has 0 unspecified atom stereocenters. The van der Waals surface area contributed by atoms with E-state index in [0.29, 0.717) is 0 Å². The van der Waals surface area contributed by atoms with Gasteiger partial charge in [0.25, 0.3) is 0 Å². The van der Waals surface area contributed by atoms with Crippen LogP contribution in [0.2, 0.25) is 26.2 Å². The molecule has 0 aliphatic carbocycles. The minimum Gasteiger partial charge on any atom is -0.330 e. The molecular weight excluding hydrogens is 601 g/mol. The second-order valence-corrected chi connectivity index (χ2v) is 27.2. The third kappa shape index (κ3) is 9.27. The van der Waals surface area contributed by atoms with Crippen molar-refractivity contribution in [3.8, 4) is 0 Å². The first kappa shape index (κ1) is 32.0. The molecule has 0 saturated carbocycles. The molecule has 1 saturated heterocycles. The topological polar surface area (TPSA) is 48.1 Å². The van der Waals surface area contributed by atoms with E-state index in [0.717, 1.165) is 0 Å². The Hall–Kier alpha value is -3.45. The van der Waals surface area contributed by atoms with Gasteiger partial charge in [-0.15, -0.1) is 0 Å². The molecule has 0 atom stereocenters. The molecule has 0 aromatic heterocycles. The Morgan fingerprint density at radius 2 is 0.500 bits per heavy atom. The largest absolute Gasteiger partial charge is 0.330 e. The Bertz CT molecular complexity index is 1350. The summed E-state index contributed by atoms with van der Waals surface area (Å²) in [4.78, 5) is 0. The molecule has 8 heteroatoms. The Labute approximate surface area is 268 Å². The summed E-state index contributed by atoms with van der Waals surface area (Å²) in [5, 5.41) is 0. The van der Waals surface area contributed by atoms with E-state index in [-0.39, 0.29) is 0 Å². The highest BCUT2D eigenvalue weighted by molar-refractivity contribution is 7.10. The van der Waals surface area contributed by atoms with Crippen LogP contribution in [0.1, 0.15) is 22.3 Å². The summed E-state index contributed by atoms with van der Waals surface area (Å²) in [5.41, 5.74) is 14.6. The lowest BCUT2D eigenvalue weighted by atomic mass is 10.2. The lowest BCUT2D eigenvalue weighted by molar-refractivity contribution is 1.07. The highest BCUT2D eigenvalue weighted by Gasteiger charge is 2.49. The molecule has 0 spiro atoms. The van der Waals surface area contributed by atoms with Crippen LogP contribution in [0.4, 0.5) is 0 Å². The quantitative estimate of drug-likeness (QED) is 0.149. The Morgan fingerprint density at radius 3 is 0.682 bits per heavy atom. The van der Waals surface area contributed by atoms with Crippen LogP contribution in [-0.2, 0) is 0 Å². The molecular formula is C36H44N4Si4. The molecule has 4 aromatic rings. The van der Waals surface area contributed by atoms with Gasteiger partial charge in [-0.2, -0.15) is 0 Å². The van der Waals surface area contributed by atoms with Crippen molar-refractivity contribution in [3.05, 3.63) is 166 Å². The van der Waals surface area contributed by atoms with E-state index in [1.54, 1.807) is 0 Å². The van der Waals surface area contributed by atoms with Gasteiger partial charge < -0.3 is 18.6 Å². The summed E-state index contributed by atoms with van der Waals surface area (Å²) >= 11 is 0. The second kappa shape index (κ2) is 14.1. The van der Waals surface area contributed by atoms with Gasteiger partial charge >= 0.3 is 0 Å². The van der Waals surface area contributed by atoms with Gasteiger partial charge in [-0.05, 0) is 48.4 Å². The van der Waals surface area contributed by atoms with E-state index < -0.39 is 33.6 Å². The molecule has 0 amide bonds. The van der Waals surface area contributed by atoms with E-state index in [1.807, 2.05) is 0 Å². The van der Waals surface area contributed by atoms with Crippen molar-refractivity contribution in [2.24, 2.45) is 0 Å². The van der Waals surface area contributed by atoms with Crippen molar-refractivity contribution in [2.75, 3.05) is 0 Å². The van der Waals surface area contributed by atoms with Crippen LogP contribution in [0.5, 0.6) is 0 Å². The van der Waals surface area contributed by atoms with E-state index >= 15 is 0 Å². The van der Waals surface area contributed by atoms with Gasteiger partial charge in [-0.1, -0.05) is 168 Å². The molecule has 0 bridgehead atoms. The molecule has 1 heterocycles. The third-order valence-electron chi connectivity index (χ3n) is 7.71. The van der Waals surface area contributed by atoms with Crippen molar-refractivity contribution in [1.29, 1.82) is 0 Å². The summed E-state index contributed by atoms with van der Waals surface area (Å²) in [5.74, 6) is 0. The predicted octanol–water partition coefficient (Wildman–Crippen LogP) is 7.66. The number of hydrogen-bond donors (Lipinski definition) is 4. The normalized spacial score (nSPS) is 28.1. The lowest BCUT2D eigenvalue weighted by Crippen LogP contribution is -2.89. The van der Waals surface area contributed by atoms with E-state index in [1.165, 1.54) is 22.3 Å². The van der Waals surface area contributed by atoms with Crippen LogP contribution in [0.15, 0.2) is 144 Å². The molecule has 224 valence electrons. The Morgan fingerprint density at radius 1 is 0.318 bits per heavy atom. The minimum atomic E-state index is -2.39. The molecule has 4 aromatic carbocycles. The average Bonchev–Trinajstić information content (AvgIpc) is 3.02. The van der Waals surface area contributed by atoms with Crippen molar-refractivity contribution in [1.82, 2.24) is 18.6 Å². The van der Waals surface area contributed by atoms with Crippen molar-refractivity contribution < 1.29 is 0 Å². The van der Waals surface area contributed by atoms with Crippen LogP contribution < -0.4 is 18.6 Å². The van der Waals surface area contributed by atoms with Gasteiger partial charge in [-0.3, -0.25) is 0 Å². The molecule has 4 N–H and O–H groups in total. The van der Waals surface area contributed by atoms with Crippen molar-refractivity contribution >= 4 is 57.9 Å². The molecule has 0 radical (unpaired) electrons. The van der Waals surface area contributed by atoms with Gasteiger partial charge in [0.05, 0.1) is 0 Å². The zero-order valence-electron chi connectivity index (χ0n) is 26.2. The monoisotopic (exact) mass is 644 g/mol. The van der Waals surface area contributed by atoms with Gasteiger partial charge in [0.15, 0.2) is 0 Å². The molecule has 44 heavy (non-hydrogen) atoms. The Kier molecular flexibility index (Phi) is 10.2. The zero-order chi connectivity index (χ0) is 30.9. The van der Waals surface area contributed by atoms with Crippen LogP contribution in [0.25, 0.3) is 24.3 Å². The maximum absolute atomic E-state index is 4.30. The van der Waals surface area contributed by atoms with Gasteiger partial charge in [0, 0.05) is 0 Å². The summed E-state index contributed by atoms with van der Waals surface area (Å²) in [7, 11) is -9.54. The van der Waals surface area contributed by atoms with Crippen molar-refractivity contribution in [3.63, 3.8) is 0 Å². The number of hydrogen-bond acceptors (Lipinski definition) is 4. The first-order valence-corrected chi connectivity index (χ1v) is 25.6. The zero-order valence-corrected chi connectivity index (χ0v) is 30.2. The van der Waals surface area contributed by atoms with E-state index in [2.05, 4.69) is 213 Å². The first-order valence-electron chi connectivity index (χ1n) is 15.3. The number of benzene rings is 4. The highest BCUT2D eigenvalue weighted by atomic mass is 28.5. The van der Waals surface area contributed by atoms with Gasteiger partial charge in [0.1, 0.15) is 0 Å². The number of nitrogens with one attached hydrogen (secondary N) is 4. The SMILES string of the molecule is C[Si]1(/C=C/c2ccccc2)N[Si](C)(/C=C/c2ccccc2)N[Si](C)(/C=C/c2ccccc2)N[Si](C)(/C=C/c2ccccc2)N1. The van der Waals surface area contributed by atoms with Crippen LogP contribution in [-0.4, -0.2) is 33.6 Å². The molecule has 5 rings (SSSR count). The third-order valence-corrected chi connectivity index (χ3v) is 27.7. The average molecular weight is 645 g/mol. The predicted molar refractivity (Wildman–Crippen MR) is 201 cm³/mol. The smallest absolute Gasteiger partial charge is 0.212 e. The fourth-order valence-electron chi connectivity index (χ4n) is 5.92. The molecule has 1 fully saturated rings. The summed E-state index contributed by atoms with van der Waals surface area (Å²) < 4.78 is 17.2. The second-order valence-electron chi connectivity index (χ2n) is 12.3. The van der Waals surface area contributed by atoms with Gasteiger partial charge in [-0.25, -0.2) is 0 Å². The summed E-state index contributed by atoms with van der Waals surface area (Å²) in [6, 6.07) is 42.5. The van der Waals surface area contributed by atoms with Crippen LogP contribution in [0, 0.1) is 0 Å². The van der Waals surface area contributed by atoms with Crippen molar-refractivity contribution in [2.45, 2.75) is 26.2 Å². The maximum atomic E-state index is 4.30. The maximum Gasteiger partial charge on any atom is 0.212 e. The van der Waals surface area contributed by atoms with E-state index in [9.17, 15) is 0 Å². The number of rotatable bonds is 8. The minimum absolute atomic E-state index is 1.21. The summed E-state index contributed by atoms with van der Waals surface area (Å²) in [6.45, 7) is 9.62. The molecule has 1 aliphatic heterocycles. The summed E-state index contributed by atoms with van der Waals surface area (Å²) in [6.07, 6.45) is 9.13. The van der Waals surface area contributed by atoms with E-state index in [4.69, 9.17) is 0 Å². The molecule has 4 nitrogen and oxygen atoms in total. The fourth-order valence-corrected chi connectivity index (χ4v) is 31.2. The molecule has 1 aliphatic rings.